The Labute approximate surface area is 147 Å². The third-order valence-electron chi connectivity index (χ3n) is 4.27. The van der Waals surface area contributed by atoms with Crippen LogP contribution in [0.5, 0.6) is 5.75 Å². The van der Waals surface area contributed by atoms with E-state index in [4.69, 9.17) is 4.74 Å². The average Bonchev–Trinajstić information content (AvgIpc) is 3.05. The third kappa shape index (κ3) is 3.69. The van der Waals surface area contributed by atoms with Crippen LogP contribution >= 0.6 is 0 Å². The van der Waals surface area contributed by atoms with E-state index in [9.17, 15) is 13.2 Å². The summed E-state index contributed by atoms with van der Waals surface area (Å²) in [6, 6.07) is 8.16. The summed E-state index contributed by atoms with van der Waals surface area (Å²) in [5, 5.41) is 0. The van der Waals surface area contributed by atoms with Crippen LogP contribution in [0.2, 0.25) is 0 Å². The Morgan fingerprint density at radius 1 is 1.16 bits per heavy atom. The van der Waals surface area contributed by atoms with Crippen LogP contribution in [0, 0.1) is 0 Å². The van der Waals surface area contributed by atoms with Crippen molar-refractivity contribution in [1.29, 1.82) is 0 Å². The van der Waals surface area contributed by atoms with E-state index in [2.05, 4.69) is 4.98 Å². The molecule has 8 heteroatoms. The molecule has 0 radical (unpaired) electrons. The van der Waals surface area contributed by atoms with E-state index >= 15 is 0 Å². The number of benzene rings is 1. The lowest BCUT2D eigenvalue weighted by Crippen LogP contribution is -2.37. The van der Waals surface area contributed by atoms with Gasteiger partial charge in [-0.25, -0.2) is 8.42 Å². The Bertz CT molecular complexity index is 833. The number of aromatic nitrogens is 1. The van der Waals surface area contributed by atoms with Gasteiger partial charge in [0.15, 0.2) is 0 Å². The van der Waals surface area contributed by atoms with E-state index in [0.29, 0.717) is 37.4 Å². The number of amides is 1. The van der Waals surface area contributed by atoms with Crippen LogP contribution in [0.1, 0.15) is 16.8 Å². The van der Waals surface area contributed by atoms with E-state index in [1.807, 2.05) is 0 Å². The monoisotopic (exact) mass is 363 g/mol. The number of carbonyl (C=O) groups is 1. The fraction of sp³-hybridized carbons (Fsp3) is 0.353. The van der Waals surface area contributed by atoms with E-state index in [0.717, 1.165) is 0 Å². The molecule has 0 bridgehead atoms. The lowest BCUT2D eigenvalue weighted by Gasteiger charge is -2.22. The highest BCUT2D eigenvalue weighted by atomic mass is 32.2. The number of hydrogen-bond acceptors (Lipinski definition) is 4. The Morgan fingerprint density at radius 3 is 2.72 bits per heavy atom. The lowest BCUT2D eigenvalue weighted by molar-refractivity contribution is 0.0764. The van der Waals surface area contributed by atoms with Gasteiger partial charge in [-0.05, 0) is 24.6 Å². The summed E-state index contributed by atoms with van der Waals surface area (Å²) in [4.78, 5) is 17.2. The Kier molecular flexibility index (Phi) is 5.10. The highest BCUT2D eigenvalue weighted by Crippen LogP contribution is 2.22. The fourth-order valence-corrected chi connectivity index (χ4v) is 4.39. The van der Waals surface area contributed by atoms with Gasteiger partial charge < -0.3 is 14.6 Å². The molecule has 1 saturated heterocycles. The van der Waals surface area contributed by atoms with E-state index in [-0.39, 0.29) is 17.3 Å². The van der Waals surface area contributed by atoms with Gasteiger partial charge in [0.25, 0.3) is 5.91 Å². The first kappa shape index (κ1) is 17.5. The highest BCUT2D eigenvalue weighted by Gasteiger charge is 2.28. The Hall–Kier alpha value is -2.32. The molecule has 0 atom stereocenters. The predicted octanol–water partition coefficient (Wildman–Crippen LogP) is 1.56. The summed E-state index contributed by atoms with van der Waals surface area (Å²) < 4.78 is 32.3. The average molecular weight is 363 g/mol. The van der Waals surface area contributed by atoms with Crippen LogP contribution in [-0.4, -0.2) is 61.8 Å². The molecule has 0 saturated carbocycles. The summed E-state index contributed by atoms with van der Waals surface area (Å²) in [7, 11) is -2.11. The number of H-pyrrole nitrogens is 1. The van der Waals surface area contributed by atoms with Crippen LogP contribution < -0.4 is 4.74 Å². The minimum absolute atomic E-state index is 0.0816. The first-order chi connectivity index (χ1) is 12.0. The van der Waals surface area contributed by atoms with Crippen molar-refractivity contribution in [3.63, 3.8) is 0 Å². The van der Waals surface area contributed by atoms with Crippen molar-refractivity contribution in [3.8, 4) is 5.75 Å². The standard InChI is InChI=1S/C17H21N3O4S/c1-24-15-4-2-5-16(12-15)25(22,23)20-9-3-8-19(10-11-20)17(21)14-6-7-18-13-14/h2,4-7,12-13,18H,3,8-11H2,1H3. The number of sulfonamides is 1. The normalized spacial score (nSPS) is 16.4. The Balaban J connectivity index is 1.74. The summed E-state index contributed by atoms with van der Waals surface area (Å²) in [5.74, 6) is 0.419. The number of ether oxygens (including phenoxy) is 1. The maximum Gasteiger partial charge on any atom is 0.255 e. The smallest absolute Gasteiger partial charge is 0.255 e. The lowest BCUT2D eigenvalue weighted by atomic mass is 10.3. The number of rotatable bonds is 4. The molecule has 0 aliphatic carbocycles. The first-order valence-electron chi connectivity index (χ1n) is 8.08. The molecule has 7 nitrogen and oxygen atoms in total. The Morgan fingerprint density at radius 2 is 2.00 bits per heavy atom. The second kappa shape index (κ2) is 7.28. The zero-order chi connectivity index (χ0) is 17.9. The molecule has 1 aliphatic rings. The van der Waals surface area contributed by atoms with Crippen LogP contribution in [0.3, 0.4) is 0 Å². The van der Waals surface area contributed by atoms with Gasteiger partial charge >= 0.3 is 0 Å². The quantitative estimate of drug-likeness (QED) is 0.894. The number of aromatic amines is 1. The molecular weight excluding hydrogens is 342 g/mol. The molecule has 3 rings (SSSR count). The van der Waals surface area contributed by atoms with Crippen LogP contribution in [0.15, 0.2) is 47.6 Å². The first-order valence-corrected chi connectivity index (χ1v) is 9.52. The molecule has 134 valence electrons. The van der Waals surface area contributed by atoms with Crippen molar-refractivity contribution in [2.75, 3.05) is 33.3 Å². The molecule has 1 aliphatic heterocycles. The fourth-order valence-electron chi connectivity index (χ4n) is 2.89. The largest absolute Gasteiger partial charge is 0.497 e. The molecule has 2 heterocycles. The highest BCUT2D eigenvalue weighted by molar-refractivity contribution is 7.89. The number of carbonyl (C=O) groups excluding carboxylic acids is 1. The van der Waals surface area contributed by atoms with Gasteiger partial charge in [-0.2, -0.15) is 4.31 Å². The van der Waals surface area contributed by atoms with Gasteiger partial charge in [-0.1, -0.05) is 6.07 Å². The molecule has 0 unspecified atom stereocenters. The van der Waals surface area contributed by atoms with Crippen molar-refractivity contribution in [1.82, 2.24) is 14.2 Å². The van der Waals surface area contributed by atoms with Crippen LogP contribution in [-0.2, 0) is 10.0 Å². The van der Waals surface area contributed by atoms with Crippen molar-refractivity contribution >= 4 is 15.9 Å². The number of nitrogens with one attached hydrogen (secondary N) is 1. The zero-order valence-corrected chi connectivity index (χ0v) is 14.8. The van der Waals surface area contributed by atoms with E-state index in [1.54, 1.807) is 41.6 Å². The molecule has 1 amide bonds. The topological polar surface area (TPSA) is 82.7 Å². The summed E-state index contributed by atoms with van der Waals surface area (Å²) in [6.45, 7) is 1.56. The summed E-state index contributed by atoms with van der Waals surface area (Å²) in [5.41, 5.74) is 0.587. The number of methoxy groups -OCH3 is 1. The molecular formula is C17H21N3O4S. The molecule has 1 aromatic heterocycles. The van der Waals surface area contributed by atoms with Crippen molar-refractivity contribution in [2.24, 2.45) is 0 Å². The van der Waals surface area contributed by atoms with E-state index < -0.39 is 10.0 Å². The van der Waals surface area contributed by atoms with Gasteiger partial charge in [0, 0.05) is 44.6 Å². The van der Waals surface area contributed by atoms with Gasteiger partial charge in [0.05, 0.1) is 17.6 Å². The van der Waals surface area contributed by atoms with Crippen molar-refractivity contribution < 1.29 is 17.9 Å². The second-order valence-corrected chi connectivity index (χ2v) is 7.77. The zero-order valence-electron chi connectivity index (χ0n) is 14.0. The molecule has 1 aromatic carbocycles. The molecule has 2 aromatic rings. The van der Waals surface area contributed by atoms with Crippen LogP contribution in [0.4, 0.5) is 0 Å². The van der Waals surface area contributed by atoms with Gasteiger partial charge in [-0.3, -0.25) is 4.79 Å². The van der Waals surface area contributed by atoms with Gasteiger partial charge in [0.2, 0.25) is 10.0 Å². The number of hydrogen-bond donors (Lipinski definition) is 1. The summed E-state index contributed by atoms with van der Waals surface area (Å²) >= 11 is 0. The molecule has 0 spiro atoms. The minimum Gasteiger partial charge on any atom is -0.497 e. The maximum atomic E-state index is 12.9. The molecule has 1 fully saturated rings. The summed E-state index contributed by atoms with van der Waals surface area (Å²) in [6.07, 6.45) is 3.95. The second-order valence-electron chi connectivity index (χ2n) is 5.83. The van der Waals surface area contributed by atoms with Crippen LogP contribution in [0.25, 0.3) is 0 Å². The van der Waals surface area contributed by atoms with E-state index in [1.165, 1.54) is 17.5 Å². The van der Waals surface area contributed by atoms with Gasteiger partial charge in [0.1, 0.15) is 5.75 Å². The molecule has 1 N–H and O–H groups in total. The maximum absolute atomic E-state index is 12.9. The molecule has 25 heavy (non-hydrogen) atoms. The van der Waals surface area contributed by atoms with Crippen molar-refractivity contribution in [3.05, 3.63) is 48.3 Å². The SMILES string of the molecule is COc1cccc(S(=O)(=O)N2CCCN(C(=O)c3cc[nH]c3)CC2)c1. The van der Waals surface area contributed by atoms with Crippen molar-refractivity contribution in [2.45, 2.75) is 11.3 Å². The van der Waals surface area contributed by atoms with Gasteiger partial charge in [-0.15, -0.1) is 0 Å². The number of nitrogens with zero attached hydrogens (tertiary/aromatic N) is 2. The third-order valence-corrected chi connectivity index (χ3v) is 6.16. The minimum atomic E-state index is -3.61. The predicted molar refractivity (Wildman–Crippen MR) is 93.1 cm³/mol.